The lowest BCUT2D eigenvalue weighted by molar-refractivity contribution is 0.243. The Morgan fingerprint density at radius 3 is 2.62 bits per heavy atom. The normalized spacial score (nSPS) is 14.8. The summed E-state index contributed by atoms with van der Waals surface area (Å²) in [7, 11) is 0. The van der Waals surface area contributed by atoms with Crippen LogP contribution in [0.15, 0.2) is 23.1 Å². The molecule has 0 amide bonds. The fourth-order valence-corrected chi connectivity index (χ4v) is 1.99. The Kier molecular flexibility index (Phi) is 5.25. The Balaban J connectivity index is 2.76. The number of benzene rings is 1. The first-order valence-corrected chi connectivity index (χ1v) is 6.51. The highest BCUT2D eigenvalue weighted by atomic mass is 32.2. The lowest BCUT2D eigenvalue weighted by Crippen LogP contribution is -2.31. The third-order valence-electron chi connectivity index (χ3n) is 2.48. The number of halogens is 1. The largest absolute Gasteiger partial charge is 0.395 e. The van der Waals surface area contributed by atoms with E-state index in [9.17, 15) is 4.39 Å². The maximum atomic E-state index is 13.5. The fraction of sp³-hybridized carbons (Fsp3) is 0.500. The van der Waals surface area contributed by atoms with Crippen LogP contribution < -0.4 is 5.32 Å². The number of aliphatic hydroxyl groups is 1. The molecule has 0 spiro atoms. The molecule has 0 aliphatic rings. The van der Waals surface area contributed by atoms with Crippen molar-refractivity contribution in [1.29, 1.82) is 0 Å². The van der Waals surface area contributed by atoms with Gasteiger partial charge in [-0.2, -0.15) is 0 Å². The summed E-state index contributed by atoms with van der Waals surface area (Å²) in [6.45, 7) is 3.93. The van der Waals surface area contributed by atoms with Crippen LogP contribution in [0.2, 0.25) is 0 Å². The molecule has 0 aliphatic heterocycles. The zero-order valence-corrected chi connectivity index (χ0v) is 10.6. The highest BCUT2D eigenvalue weighted by Crippen LogP contribution is 2.23. The van der Waals surface area contributed by atoms with E-state index in [-0.39, 0.29) is 24.5 Å². The van der Waals surface area contributed by atoms with Crippen molar-refractivity contribution in [3.63, 3.8) is 0 Å². The van der Waals surface area contributed by atoms with Gasteiger partial charge < -0.3 is 10.4 Å². The molecule has 0 radical (unpaired) electrons. The second-order valence-electron chi connectivity index (χ2n) is 3.87. The number of rotatable bonds is 5. The third kappa shape index (κ3) is 3.47. The van der Waals surface area contributed by atoms with Crippen LogP contribution in [-0.4, -0.2) is 24.0 Å². The Morgan fingerprint density at radius 1 is 1.44 bits per heavy atom. The van der Waals surface area contributed by atoms with E-state index in [1.807, 2.05) is 26.2 Å². The second-order valence-corrected chi connectivity index (χ2v) is 4.71. The summed E-state index contributed by atoms with van der Waals surface area (Å²) in [5, 5.41) is 12.1. The molecule has 0 fully saturated rings. The van der Waals surface area contributed by atoms with Gasteiger partial charge in [0.15, 0.2) is 0 Å². The van der Waals surface area contributed by atoms with Crippen molar-refractivity contribution >= 4 is 11.8 Å². The molecule has 1 aromatic rings. The third-order valence-corrected chi connectivity index (χ3v) is 3.26. The fourth-order valence-electron chi connectivity index (χ4n) is 1.53. The van der Waals surface area contributed by atoms with Gasteiger partial charge in [-0.05, 0) is 37.8 Å². The standard InChI is InChI=1S/C12H18FNOS/c1-8(7-15)14-9(2)10-4-5-12(16-3)11(13)6-10/h4-6,8-9,14-15H,7H2,1-3H3/t8-,9?/m0/s1. The minimum Gasteiger partial charge on any atom is -0.395 e. The smallest absolute Gasteiger partial charge is 0.137 e. The van der Waals surface area contributed by atoms with Gasteiger partial charge in [0.05, 0.1) is 6.61 Å². The maximum Gasteiger partial charge on any atom is 0.137 e. The summed E-state index contributed by atoms with van der Waals surface area (Å²) in [6, 6.07) is 5.30. The predicted molar refractivity (Wildman–Crippen MR) is 66.3 cm³/mol. The molecule has 16 heavy (non-hydrogen) atoms. The van der Waals surface area contributed by atoms with Crippen molar-refractivity contribution in [2.45, 2.75) is 30.8 Å². The minimum absolute atomic E-state index is 0.0123. The summed E-state index contributed by atoms with van der Waals surface area (Å²) in [4.78, 5) is 0.658. The van der Waals surface area contributed by atoms with Crippen molar-refractivity contribution in [2.24, 2.45) is 0 Å². The topological polar surface area (TPSA) is 32.3 Å². The van der Waals surface area contributed by atoms with Gasteiger partial charge in [0.1, 0.15) is 5.82 Å². The predicted octanol–water partition coefficient (Wildman–Crippen LogP) is 2.58. The van der Waals surface area contributed by atoms with E-state index in [1.165, 1.54) is 11.8 Å². The summed E-state index contributed by atoms with van der Waals surface area (Å²) < 4.78 is 13.5. The van der Waals surface area contributed by atoms with Gasteiger partial charge in [0.25, 0.3) is 0 Å². The van der Waals surface area contributed by atoms with Crippen molar-refractivity contribution in [1.82, 2.24) is 5.32 Å². The van der Waals surface area contributed by atoms with Crippen molar-refractivity contribution in [3.8, 4) is 0 Å². The molecule has 1 aromatic carbocycles. The second kappa shape index (κ2) is 6.23. The van der Waals surface area contributed by atoms with Gasteiger partial charge in [-0.1, -0.05) is 6.07 Å². The number of aliphatic hydroxyl groups excluding tert-OH is 1. The first-order chi connectivity index (χ1) is 7.58. The van der Waals surface area contributed by atoms with Gasteiger partial charge >= 0.3 is 0 Å². The van der Waals surface area contributed by atoms with Gasteiger partial charge in [0.2, 0.25) is 0 Å². The molecule has 0 saturated heterocycles. The molecule has 0 heterocycles. The molecule has 1 unspecified atom stereocenters. The zero-order chi connectivity index (χ0) is 12.1. The van der Waals surface area contributed by atoms with E-state index in [2.05, 4.69) is 5.32 Å². The molecular formula is C12H18FNOS. The zero-order valence-electron chi connectivity index (χ0n) is 9.83. The molecule has 0 aliphatic carbocycles. The highest BCUT2D eigenvalue weighted by Gasteiger charge is 2.10. The van der Waals surface area contributed by atoms with E-state index in [0.29, 0.717) is 4.90 Å². The molecule has 2 nitrogen and oxygen atoms in total. The van der Waals surface area contributed by atoms with E-state index in [0.717, 1.165) is 5.56 Å². The molecule has 2 N–H and O–H groups in total. The Bertz CT molecular complexity index is 346. The number of thioether (sulfide) groups is 1. The number of hydrogen-bond acceptors (Lipinski definition) is 3. The average Bonchev–Trinajstić information content (AvgIpc) is 2.28. The summed E-state index contributed by atoms with van der Waals surface area (Å²) >= 11 is 1.40. The molecule has 90 valence electrons. The highest BCUT2D eigenvalue weighted by molar-refractivity contribution is 7.98. The van der Waals surface area contributed by atoms with Gasteiger partial charge in [-0.3, -0.25) is 0 Å². The first-order valence-electron chi connectivity index (χ1n) is 5.28. The first kappa shape index (κ1) is 13.5. The van der Waals surface area contributed by atoms with E-state index in [1.54, 1.807) is 12.1 Å². The number of hydrogen-bond donors (Lipinski definition) is 2. The lowest BCUT2D eigenvalue weighted by atomic mass is 10.1. The van der Waals surface area contributed by atoms with Gasteiger partial charge in [0, 0.05) is 17.0 Å². The van der Waals surface area contributed by atoms with Gasteiger partial charge in [-0.25, -0.2) is 4.39 Å². The molecular weight excluding hydrogens is 225 g/mol. The van der Waals surface area contributed by atoms with Crippen LogP contribution in [0, 0.1) is 5.82 Å². The minimum atomic E-state index is -0.185. The van der Waals surface area contributed by atoms with Crippen LogP contribution in [0.3, 0.4) is 0 Å². The van der Waals surface area contributed by atoms with Crippen molar-refractivity contribution < 1.29 is 9.50 Å². The molecule has 0 saturated carbocycles. The number of nitrogens with one attached hydrogen (secondary N) is 1. The molecule has 0 bridgehead atoms. The van der Waals surface area contributed by atoms with Crippen LogP contribution in [0.1, 0.15) is 25.5 Å². The van der Waals surface area contributed by atoms with Crippen LogP contribution in [-0.2, 0) is 0 Å². The van der Waals surface area contributed by atoms with E-state index < -0.39 is 0 Å². The Labute approximate surface area is 100 Å². The van der Waals surface area contributed by atoms with Crippen LogP contribution in [0.25, 0.3) is 0 Å². The van der Waals surface area contributed by atoms with Crippen molar-refractivity contribution in [3.05, 3.63) is 29.6 Å². The quantitative estimate of drug-likeness (QED) is 0.780. The van der Waals surface area contributed by atoms with E-state index in [4.69, 9.17) is 5.11 Å². The molecule has 1 rings (SSSR count). The van der Waals surface area contributed by atoms with Crippen LogP contribution in [0.5, 0.6) is 0 Å². The monoisotopic (exact) mass is 243 g/mol. The Morgan fingerprint density at radius 2 is 2.12 bits per heavy atom. The van der Waals surface area contributed by atoms with Crippen molar-refractivity contribution in [2.75, 3.05) is 12.9 Å². The van der Waals surface area contributed by atoms with Crippen LogP contribution >= 0.6 is 11.8 Å². The summed E-state index contributed by atoms with van der Waals surface area (Å²) in [6.07, 6.45) is 1.85. The Hall–Kier alpha value is -0.580. The summed E-state index contributed by atoms with van der Waals surface area (Å²) in [5.74, 6) is -0.185. The maximum absolute atomic E-state index is 13.5. The molecule has 4 heteroatoms. The molecule has 2 atom stereocenters. The summed E-state index contributed by atoms with van der Waals surface area (Å²) in [5.41, 5.74) is 0.899. The molecule has 0 aromatic heterocycles. The lowest BCUT2D eigenvalue weighted by Gasteiger charge is -2.19. The SMILES string of the molecule is CSc1ccc(C(C)N[C@@H](C)CO)cc1F. The van der Waals surface area contributed by atoms with E-state index >= 15 is 0 Å². The average molecular weight is 243 g/mol. The van der Waals surface area contributed by atoms with Crippen LogP contribution in [0.4, 0.5) is 4.39 Å². The van der Waals surface area contributed by atoms with Gasteiger partial charge in [-0.15, -0.1) is 11.8 Å².